The van der Waals surface area contributed by atoms with Crippen molar-refractivity contribution in [2.75, 3.05) is 0 Å². The standard InChI is InChI=1S/C25H21N5O3/c31-24-13-18-6-3-4-8-22(18)26-23(24)16-33-21-11-9-20(10-12-21)32-15-19-7-2-1-5-17(19)14-25-27-29-30-28-25/h1-13,31H,14-16H2,(H,27,28,29,30). The van der Waals surface area contributed by atoms with Gasteiger partial charge in [-0.2, -0.15) is 5.21 Å². The van der Waals surface area contributed by atoms with Gasteiger partial charge in [-0.25, -0.2) is 4.98 Å². The Balaban J connectivity index is 1.20. The van der Waals surface area contributed by atoms with E-state index in [4.69, 9.17) is 9.47 Å². The molecule has 0 saturated heterocycles. The van der Waals surface area contributed by atoms with Gasteiger partial charge in [0.2, 0.25) is 0 Å². The van der Waals surface area contributed by atoms with Gasteiger partial charge in [0.05, 0.1) is 5.52 Å². The van der Waals surface area contributed by atoms with Gasteiger partial charge in [0.15, 0.2) is 5.82 Å². The highest BCUT2D eigenvalue weighted by molar-refractivity contribution is 5.80. The van der Waals surface area contributed by atoms with Gasteiger partial charge < -0.3 is 14.6 Å². The van der Waals surface area contributed by atoms with Crippen LogP contribution >= 0.6 is 0 Å². The van der Waals surface area contributed by atoms with Crippen molar-refractivity contribution in [3.8, 4) is 17.2 Å². The molecule has 0 amide bonds. The van der Waals surface area contributed by atoms with Crippen LogP contribution in [0.2, 0.25) is 0 Å². The van der Waals surface area contributed by atoms with E-state index < -0.39 is 0 Å². The van der Waals surface area contributed by atoms with Gasteiger partial charge in [0.1, 0.15) is 36.2 Å². The van der Waals surface area contributed by atoms with E-state index in [2.05, 4.69) is 25.6 Å². The smallest absolute Gasteiger partial charge is 0.178 e. The van der Waals surface area contributed by atoms with Crippen LogP contribution in [0.5, 0.6) is 17.2 Å². The van der Waals surface area contributed by atoms with E-state index in [0.29, 0.717) is 30.3 Å². The number of para-hydroxylation sites is 1. The number of hydrogen-bond acceptors (Lipinski definition) is 7. The molecule has 0 aliphatic carbocycles. The van der Waals surface area contributed by atoms with Gasteiger partial charge in [-0.05, 0) is 47.5 Å². The number of aromatic amines is 1. The summed E-state index contributed by atoms with van der Waals surface area (Å²) in [4.78, 5) is 4.49. The van der Waals surface area contributed by atoms with Crippen LogP contribution in [0.15, 0.2) is 78.9 Å². The summed E-state index contributed by atoms with van der Waals surface area (Å²) in [6, 6.07) is 24.7. The van der Waals surface area contributed by atoms with Crippen LogP contribution in [0, 0.1) is 0 Å². The van der Waals surface area contributed by atoms with Crippen molar-refractivity contribution >= 4 is 10.9 Å². The van der Waals surface area contributed by atoms with Crippen molar-refractivity contribution < 1.29 is 14.6 Å². The number of ether oxygens (including phenoxy) is 2. The first kappa shape index (κ1) is 20.4. The molecule has 3 aromatic carbocycles. The Kier molecular flexibility index (Phi) is 5.79. The maximum atomic E-state index is 10.2. The summed E-state index contributed by atoms with van der Waals surface area (Å²) in [5.41, 5.74) is 3.45. The fourth-order valence-electron chi connectivity index (χ4n) is 3.49. The summed E-state index contributed by atoms with van der Waals surface area (Å²) in [5, 5.41) is 25.2. The molecule has 0 saturated carbocycles. The molecule has 33 heavy (non-hydrogen) atoms. The lowest BCUT2D eigenvalue weighted by Crippen LogP contribution is -2.02. The first-order chi connectivity index (χ1) is 16.2. The molecule has 2 aromatic heterocycles. The molecule has 0 spiro atoms. The summed E-state index contributed by atoms with van der Waals surface area (Å²) in [5.74, 6) is 2.14. The molecule has 0 radical (unpaired) electrons. The third kappa shape index (κ3) is 4.90. The van der Waals surface area contributed by atoms with Crippen molar-refractivity contribution in [1.29, 1.82) is 0 Å². The van der Waals surface area contributed by atoms with E-state index in [-0.39, 0.29) is 12.4 Å². The monoisotopic (exact) mass is 439 g/mol. The van der Waals surface area contributed by atoms with E-state index in [0.717, 1.165) is 27.8 Å². The van der Waals surface area contributed by atoms with Crippen molar-refractivity contribution in [1.82, 2.24) is 25.6 Å². The first-order valence-corrected chi connectivity index (χ1v) is 10.5. The summed E-state index contributed by atoms with van der Waals surface area (Å²) >= 11 is 0. The van der Waals surface area contributed by atoms with E-state index in [1.54, 1.807) is 6.07 Å². The Labute approximate surface area is 189 Å². The molecule has 164 valence electrons. The number of nitrogens with zero attached hydrogens (tertiary/aromatic N) is 4. The SMILES string of the molecule is Oc1cc2ccccc2nc1COc1ccc(OCc2ccccc2Cc2nn[nH]n2)cc1. The molecular formula is C25H21N5O3. The number of tetrazole rings is 1. The van der Waals surface area contributed by atoms with Crippen LogP contribution in [0.3, 0.4) is 0 Å². The number of hydrogen-bond donors (Lipinski definition) is 2. The number of H-pyrrole nitrogens is 1. The summed E-state index contributed by atoms with van der Waals surface area (Å²) in [6.45, 7) is 0.587. The zero-order valence-electron chi connectivity index (χ0n) is 17.7. The Hall–Kier alpha value is -4.46. The van der Waals surface area contributed by atoms with Crippen molar-refractivity contribution in [2.45, 2.75) is 19.6 Å². The Morgan fingerprint density at radius 1 is 0.788 bits per heavy atom. The highest BCUT2D eigenvalue weighted by Crippen LogP contribution is 2.25. The second-order valence-corrected chi connectivity index (χ2v) is 7.47. The van der Waals surface area contributed by atoms with Gasteiger partial charge in [0, 0.05) is 11.8 Å². The third-order valence-electron chi connectivity index (χ3n) is 5.23. The Morgan fingerprint density at radius 3 is 2.24 bits per heavy atom. The molecule has 0 aliphatic rings. The average Bonchev–Trinajstić information content (AvgIpc) is 3.36. The van der Waals surface area contributed by atoms with Crippen LogP contribution in [0.4, 0.5) is 0 Å². The van der Waals surface area contributed by atoms with Gasteiger partial charge in [-0.3, -0.25) is 0 Å². The van der Waals surface area contributed by atoms with Crippen molar-refractivity contribution in [3.05, 3.63) is 102 Å². The molecule has 2 heterocycles. The van der Waals surface area contributed by atoms with Gasteiger partial charge >= 0.3 is 0 Å². The molecule has 5 aromatic rings. The van der Waals surface area contributed by atoms with Gasteiger partial charge in [-0.15, -0.1) is 10.2 Å². The lowest BCUT2D eigenvalue weighted by Gasteiger charge is -2.11. The quantitative estimate of drug-likeness (QED) is 0.373. The fourth-order valence-corrected chi connectivity index (χ4v) is 3.49. The topological polar surface area (TPSA) is 106 Å². The highest BCUT2D eigenvalue weighted by Gasteiger charge is 2.09. The van der Waals surface area contributed by atoms with E-state index in [1.807, 2.05) is 72.8 Å². The predicted molar refractivity (Wildman–Crippen MR) is 122 cm³/mol. The number of benzene rings is 3. The minimum atomic E-state index is 0.119. The molecule has 8 heteroatoms. The summed E-state index contributed by atoms with van der Waals surface area (Å²) < 4.78 is 11.8. The second kappa shape index (κ2) is 9.35. The zero-order valence-corrected chi connectivity index (χ0v) is 17.7. The van der Waals surface area contributed by atoms with Crippen LogP contribution < -0.4 is 9.47 Å². The fraction of sp³-hybridized carbons (Fsp3) is 0.120. The largest absolute Gasteiger partial charge is 0.506 e. The van der Waals surface area contributed by atoms with Gasteiger partial charge in [0.25, 0.3) is 0 Å². The summed E-state index contributed by atoms with van der Waals surface area (Å²) in [7, 11) is 0. The third-order valence-corrected chi connectivity index (χ3v) is 5.23. The number of fused-ring (bicyclic) bond motifs is 1. The summed E-state index contributed by atoms with van der Waals surface area (Å²) in [6.07, 6.45) is 0.582. The minimum absolute atomic E-state index is 0.119. The van der Waals surface area contributed by atoms with Crippen molar-refractivity contribution in [3.63, 3.8) is 0 Å². The maximum absolute atomic E-state index is 10.2. The second-order valence-electron chi connectivity index (χ2n) is 7.47. The van der Waals surface area contributed by atoms with Gasteiger partial charge in [-0.1, -0.05) is 47.7 Å². The molecule has 8 nitrogen and oxygen atoms in total. The average molecular weight is 439 g/mol. The molecule has 0 atom stereocenters. The Bertz CT molecular complexity index is 1350. The molecule has 0 bridgehead atoms. The number of pyridine rings is 1. The number of aromatic hydroxyl groups is 1. The molecule has 5 rings (SSSR count). The molecule has 0 fully saturated rings. The highest BCUT2D eigenvalue weighted by atomic mass is 16.5. The van der Waals surface area contributed by atoms with E-state index >= 15 is 0 Å². The lowest BCUT2D eigenvalue weighted by atomic mass is 10.1. The van der Waals surface area contributed by atoms with E-state index in [9.17, 15) is 5.11 Å². The maximum Gasteiger partial charge on any atom is 0.178 e. The van der Waals surface area contributed by atoms with E-state index in [1.165, 1.54) is 0 Å². The van der Waals surface area contributed by atoms with Crippen LogP contribution in [-0.4, -0.2) is 30.7 Å². The van der Waals surface area contributed by atoms with Crippen LogP contribution in [0.1, 0.15) is 22.6 Å². The molecule has 2 N–H and O–H groups in total. The predicted octanol–water partition coefficient (Wildman–Crippen LogP) is 4.20. The number of nitrogens with one attached hydrogen (secondary N) is 1. The van der Waals surface area contributed by atoms with Crippen molar-refractivity contribution in [2.24, 2.45) is 0 Å². The van der Waals surface area contributed by atoms with Crippen LogP contribution in [0.25, 0.3) is 10.9 Å². The number of aromatic nitrogens is 5. The first-order valence-electron chi connectivity index (χ1n) is 10.5. The molecular weight excluding hydrogens is 418 g/mol. The minimum Gasteiger partial charge on any atom is -0.506 e. The molecule has 0 unspecified atom stereocenters. The lowest BCUT2D eigenvalue weighted by molar-refractivity contribution is 0.289. The normalized spacial score (nSPS) is 10.9. The zero-order chi connectivity index (χ0) is 22.5. The Morgan fingerprint density at radius 2 is 1.48 bits per heavy atom. The molecule has 0 aliphatic heterocycles. The van der Waals surface area contributed by atoms with Crippen LogP contribution in [-0.2, 0) is 19.6 Å². The number of rotatable bonds is 8.